The highest BCUT2D eigenvalue weighted by Crippen LogP contribution is 2.15. The van der Waals surface area contributed by atoms with E-state index in [9.17, 15) is 14.4 Å². The summed E-state index contributed by atoms with van der Waals surface area (Å²) in [5, 5.41) is 0. The van der Waals surface area contributed by atoms with Gasteiger partial charge in [-0.3, -0.25) is 14.4 Å². The molecule has 0 radical (unpaired) electrons. The van der Waals surface area contributed by atoms with Gasteiger partial charge in [0.05, 0.1) is 0 Å². The quantitative estimate of drug-likeness (QED) is 0.0199. The second kappa shape index (κ2) is 56.4. The number of ether oxygens (including phenoxy) is 3. The highest BCUT2D eigenvalue weighted by Gasteiger charge is 2.19. The van der Waals surface area contributed by atoms with E-state index in [2.05, 4.69) is 93.7 Å². The van der Waals surface area contributed by atoms with Crippen LogP contribution >= 0.6 is 0 Å². The maximum Gasteiger partial charge on any atom is 0.306 e. The first-order chi connectivity index (χ1) is 33.5. The van der Waals surface area contributed by atoms with Crippen molar-refractivity contribution in [3.8, 4) is 0 Å². The van der Waals surface area contributed by atoms with Crippen molar-refractivity contribution in [1.29, 1.82) is 0 Å². The monoisotopic (exact) mass is 949 g/mol. The Morgan fingerprint density at radius 3 is 1.03 bits per heavy atom. The van der Waals surface area contributed by atoms with E-state index in [1.165, 1.54) is 154 Å². The Labute approximate surface area is 421 Å². The summed E-state index contributed by atoms with van der Waals surface area (Å²) in [4.78, 5) is 38.2. The lowest BCUT2D eigenvalue weighted by Gasteiger charge is -2.18. The molecule has 0 bridgehead atoms. The molecule has 6 nitrogen and oxygen atoms in total. The van der Waals surface area contributed by atoms with Gasteiger partial charge < -0.3 is 14.2 Å². The molecule has 0 aliphatic carbocycles. The summed E-state index contributed by atoms with van der Waals surface area (Å²) in [6.45, 7) is 6.49. The Bertz CT molecular complexity index is 1270. The van der Waals surface area contributed by atoms with E-state index in [-0.39, 0.29) is 31.1 Å². The van der Waals surface area contributed by atoms with Crippen LogP contribution in [0.1, 0.15) is 284 Å². The molecule has 0 aromatic rings. The van der Waals surface area contributed by atoms with E-state index in [4.69, 9.17) is 14.2 Å². The SMILES string of the molecule is CC/C=C\C/C=C\C/C=C\CCCCCCCCC(=O)OC(COC(=O)CCCCCCCCC/C=C\CCCCCC)COC(=O)CCCCCCCCCCCC/C=C\C=C/CCCCC. The fraction of sp³-hybridized carbons (Fsp3) is 0.758. The van der Waals surface area contributed by atoms with E-state index in [0.29, 0.717) is 19.3 Å². The van der Waals surface area contributed by atoms with Gasteiger partial charge in [0.15, 0.2) is 6.10 Å². The van der Waals surface area contributed by atoms with Crippen molar-refractivity contribution in [2.45, 2.75) is 290 Å². The first kappa shape index (κ1) is 64.8. The largest absolute Gasteiger partial charge is 0.462 e. The minimum Gasteiger partial charge on any atom is -0.462 e. The van der Waals surface area contributed by atoms with E-state index >= 15 is 0 Å². The van der Waals surface area contributed by atoms with Crippen LogP contribution in [0.3, 0.4) is 0 Å². The second-order valence-corrected chi connectivity index (χ2v) is 19.2. The molecule has 0 spiro atoms. The number of unbranched alkanes of at least 4 members (excludes halogenated alkanes) is 30. The number of esters is 3. The lowest BCUT2D eigenvalue weighted by Crippen LogP contribution is -2.30. The van der Waals surface area contributed by atoms with Gasteiger partial charge in [0.2, 0.25) is 0 Å². The summed E-state index contributed by atoms with van der Waals surface area (Å²) in [7, 11) is 0. The average molecular weight is 950 g/mol. The molecule has 0 rings (SSSR count). The third-order valence-electron chi connectivity index (χ3n) is 12.4. The second-order valence-electron chi connectivity index (χ2n) is 19.2. The van der Waals surface area contributed by atoms with E-state index in [1.54, 1.807) is 0 Å². The van der Waals surface area contributed by atoms with Gasteiger partial charge in [-0.25, -0.2) is 0 Å². The molecule has 0 aliphatic heterocycles. The van der Waals surface area contributed by atoms with E-state index in [1.807, 2.05) is 0 Å². The first-order valence-electron chi connectivity index (χ1n) is 29.0. The maximum atomic E-state index is 12.9. The molecule has 0 saturated heterocycles. The van der Waals surface area contributed by atoms with Crippen molar-refractivity contribution in [2.24, 2.45) is 0 Å². The standard InChI is InChI=1S/C62H108O6/c1-4-7-10-13-16-19-22-25-28-30-31-32-35-37-40-43-46-49-52-55-61(64)67-58-59(57-66-60(63)54-51-48-45-42-39-36-33-27-24-21-18-15-12-9-6-3)68-62(65)56-53-50-47-44-41-38-34-29-26-23-20-17-14-11-8-5-2/h8,11,16-17,19-22,24-26,29,59H,4-7,9-10,12-15,18,23,27-28,30-58H2,1-3H3/b11-8-,19-16-,20-17-,24-21-,25-22-,29-26-. The van der Waals surface area contributed by atoms with Crippen LogP contribution in [-0.2, 0) is 28.6 Å². The molecule has 6 heteroatoms. The van der Waals surface area contributed by atoms with Crippen molar-refractivity contribution in [3.63, 3.8) is 0 Å². The molecule has 1 atom stereocenters. The van der Waals surface area contributed by atoms with Crippen LogP contribution in [0.15, 0.2) is 72.9 Å². The summed E-state index contributed by atoms with van der Waals surface area (Å²) in [6, 6.07) is 0. The normalized spacial score (nSPS) is 12.6. The van der Waals surface area contributed by atoms with Crippen molar-refractivity contribution in [1.82, 2.24) is 0 Å². The van der Waals surface area contributed by atoms with Gasteiger partial charge in [-0.1, -0.05) is 235 Å². The molecule has 0 heterocycles. The summed E-state index contributed by atoms with van der Waals surface area (Å²) in [5.41, 5.74) is 0. The molecule has 68 heavy (non-hydrogen) atoms. The highest BCUT2D eigenvalue weighted by molar-refractivity contribution is 5.71. The zero-order chi connectivity index (χ0) is 49.3. The number of carbonyl (C=O) groups is 3. The smallest absolute Gasteiger partial charge is 0.306 e. The summed E-state index contributed by atoms with van der Waals surface area (Å²) in [6.07, 6.45) is 71.7. The number of rotatable bonds is 52. The fourth-order valence-corrected chi connectivity index (χ4v) is 8.09. The van der Waals surface area contributed by atoms with Crippen LogP contribution in [0.25, 0.3) is 0 Å². The van der Waals surface area contributed by atoms with Crippen molar-refractivity contribution in [2.75, 3.05) is 13.2 Å². The Morgan fingerprint density at radius 1 is 0.324 bits per heavy atom. The Kier molecular flexibility index (Phi) is 53.8. The predicted octanol–water partition coefficient (Wildman–Crippen LogP) is 19.4. The number of carbonyl (C=O) groups excluding carboxylic acids is 3. The molecular formula is C62H108O6. The Balaban J connectivity index is 4.39. The van der Waals surface area contributed by atoms with Crippen LogP contribution in [0.5, 0.6) is 0 Å². The van der Waals surface area contributed by atoms with Crippen LogP contribution in [0.4, 0.5) is 0 Å². The zero-order valence-corrected chi connectivity index (χ0v) is 44.9. The maximum absolute atomic E-state index is 12.9. The minimum atomic E-state index is -0.786. The van der Waals surface area contributed by atoms with Crippen molar-refractivity contribution < 1.29 is 28.6 Å². The third kappa shape index (κ3) is 53.8. The Hall–Kier alpha value is -3.15. The fourth-order valence-electron chi connectivity index (χ4n) is 8.09. The van der Waals surface area contributed by atoms with Crippen molar-refractivity contribution >= 4 is 17.9 Å². The van der Waals surface area contributed by atoms with Crippen LogP contribution < -0.4 is 0 Å². The number of hydrogen-bond acceptors (Lipinski definition) is 6. The van der Waals surface area contributed by atoms with Gasteiger partial charge in [-0.2, -0.15) is 0 Å². The van der Waals surface area contributed by atoms with Crippen molar-refractivity contribution in [3.05, 3.63) is 72.9 Å². The molecule has 392 valence electrons. The molecule has 1 unspecified atom stereocenters. The first-order valence-corrected chi connectivity index (χ1v) is 29.0. The molecule has 0 amide bonds. The molecule has 0 saturated carbocycles. The molecule has 0 N–H and O–H groups in total. The van der Waals surface area contributed by atoms with Gasteiger partial charge in [-0.05, 0) is 103 Å². The van der Waals surface area contributed by atoms with Crippen LogP contribution in [-0.4, -0.2) is 37.2 Å². The lowest BCUT2D eigenvalue weighted by molar-refractivity contribution is -0.167. The molecular weight excluding hydrogens is 841 g/mol. The Morgan fingerprint density at radius 2 is 0.618 bits per heavy atom. The summed E-state index contributed by atoms with van der Waals surface area (Å²) >= 11 is 0. The van der Waals surface area contributed by atoms with Crippen LogP contribution in [0, 0.1) is 0 Å². The van der Waals surface area contributed by atoms with E-state index < -0.39 is 6.10 Å². The molecule has 0 fully saturated rings. The number of allylic oxidation sites excluding steroid dienone is 12. The average Bonchev–Trinajstić information content (AvgIpc) is 3.34. The molecule has 0 aromatic carbocycles. The molecule has 0 aromatic heterocycles. The van der Waals surface area contributed by atoms with Gasteiger partial charge in [-0.15, -0.1) is 0 Å². The summed E-state index contributed by atoms with van der Waals surface area (Å²) in [5.74, 6) is -0.895. The highest BCUT2D eigenvalue weighted by atomic mass is 16.6. The zero-order valence-electron chi connectivity index (χ0n) is 44.9. The predicted molar refractivity (Wildman–Crippen MR) is 293 cm³/mol. The summed E-state index contributed by atoms with van der Waals surface area (Å²) < 4.78 is 16.9. The van der Waals surface area contributed by atoms with Crippen LogP contribution in [0.2, 0.25) is 0 Å². The molecule has 0 aliphatic rings. The van der Waals surface area contributed by atoms with Gasteiger partial charge >= 0.3 is 17.9 Å². The van der Waals surface area contributed by atoms with E-state index in [0.717, 1.165) is 89.9 Å². The van der Waals surface area contributed by atoms with Gasteiger partial charge in [0.25, 0.3) is 0 Å². The van der Waals surface area contributed by atoms with Gasteiger partial charge in [0.1, 0.15) is 13.2 Å². The third-order valence-corrected chi connectivity index (χ3v) is 12.4. The number of hydrogen-bond donors (Lipinski definition) is 0. The van der Waals surface area contributed by atoms with Gasteiger partial charge in [0, 0.05) is 19.3 Å². The topological polar surface area (TPSA) is 78.9 Å². The minimum absolute atomic E-state index is 0.0832. The lowest BCUT2D eigenvalue weighted by atomic mass is 10.1.